The van der Waals surface area contributed by atoms with Crippen LogP contribution < -0.4 is 15.2 Å². The van der Waals surface area contributed by atoms with Crippen molar-refractivity contribution in [1.29, 1.82) is 0 Å². The van der Waals surface area contributed by atoms with Crippen molar-refractivity contribution in [2.75, 3.05) is 31.8 Å². The van der Waals surface area contributed by atoms with Crippen LogP contribution in [0, 0.1) is 0 Å². The quantitative estimate of drug-likeness (QED) is 0.823. The van der Waals surface area contributed by atoms with E-state index in [0.717, 1.165) is 17.1 Å². The average Bonchev–Trinajstić information content (AvgIpc) is 2.46. The molecule has 2 N–H and O–H groups in total. The number of thioether (sulfide) groups is 1. The molecule has 1 heterocycles. The number of ether oxygens (including phenoxy) is 3. The van der Waals surface area contributed by atoms with Crippen molar-refractivity contribution in [2.45, 2.75) is 6.04 Å². The van der Waals surface area contributed by atoms with Crippen LogP contribution in [0.5, 0.6) is 11.5 Å². The Hall–Kier alpha value is -1.40. The first-order valence-corrected chi connectivity index (χ1v) is 7.16. The van der Waals surface area contributed by atoms with Gasteiger partial charge in [-0.2, -0.15) is 0 Å². The lowest BCUT2D eigenvalue weighted by Gasteiger charge is -2.20. The molecule has 0 spiro atoms. The van der Waals surface area contributed by atoms with Crippen molar-refractivity contribution in [3.05, 3.63) is 23.8 Å². The molecule has 104 valence electrons. The molecule has 5 nitrogen and oxygen atoms in total. The van der Waals surface area contributed by atoms with E-state index in [1.807, 2.05) is 18.2 Å². The topological polar surface area (TPSA) is 70.8 Å². The van der Waals surface area contributed by atoms with E-state index in [0.29, 0.717) is 24.7 Å². The Morgan fingerprint density at radius 2 is 2.16 bits per heavy atom. The number of rotatable bonds is 5. The number of nitrogens with two attached hydrogens (primary N) is 1. The molecular weight excluding hydrogens is 266 g/mol. The molecule has 0 fully saturated rings. The largest absolute Gasteiger partial charge is 0.486 e. The molecule has 0 saturated carbocycles. The van der Waals surface area contributed by atoms with Crippen LogP contribution in [0.4, 0.5) is 0 Å². The average molecular weight is 283 g/mol. The highest BCUT2D eigenvalue weighted by atomic mass is 32.2. The maximum atomic E-state index is 11.0. The van der Waals surface area contributed by atoms with Crippen LogP contribution in [0.25, 0.3) is 0 Å². The molecular formula is C13H17NO4S. The van der Waals surface area contributed by atoms with Gasteiger partial charge in [-0.1, -0.05) is 6.07 Å². The van der Waals surface area contributed by atoms with Crippen LogP contribution in [0.2, 0.25) is 0 Å². The fourth-order valence-electron chi connectivity index (χ4n) is 1.71. The molecule has 0 radical (unpaired) electrons. The summed E-state index contributed by atoms with van der Waals surface area (Å²) in [5.41, 5.74) is 7.06. The van der Waals surface area contributed by atoms with Gasteiger partial charge >= 0.3 is 5.97 Å². The Bertz CT molecular complexity index is 452. The van der Waals surface area contributed by atoms with Crippen LogP contribution in [-0.2, 0) is 9.53 Å². The van der Waals surface area contributed by atoms with Gasteiger partial charge in [0.2, 0.25) is 0 Å². The lowest BCUT2D eigenvalue weighted by molar-refractivity contribution is -0.137. The molecule has 6 heteroatoms. The van der Waals surface area contributed by atoms with Gasteiger partial charge < -0.3 is 19.9 Å². The van der Waals surface area contributed by atoms with Crippen LogP contribution in [0.15, 0.2) is 18.2 Å². The minimum atomic E-state index is -0.237. The molecule has 1 aliphatic heterocycles. The van der Waals surface area contributed by atoms with Crippen molar-refractivity contribution < 1.29 is 19.0 Å². The third-order valence-corrected chi connectivity index (χ3v) is 3.77. The summed E-state index contributed by atoms with van der Waals surface area (Å²) in [6.45, 7) is 1.14. The second-order valence-corrected chi connectivity index (χ2v) is 5.13. The molecule has 1 unspecified atom stereocenters. The predicted octanol–water partition coefficient (Wildman–Crippen LogP) is 1.36. The normalized spacial score (nSPS) is 14.8. The fraction of sp³-hybridized carbons (Fsp3) is 0.462. The minimum absolute atomic E-state index is 0.148. The Balaban J connectivity index is 1.91. The SMILES string of the molecule is COC(=O)CSCC(N)c1ccc2c(c1)OCCO2. The van der Waals surface area contributed by atoms with Crippen molar-refractivity contribution >= 4 is 17.7 Å². The zero-order chi connectivity index (χ0) is 13.7. The van der Waals surface area contributed by atoms with Gasteiger partial charge in [-0.3, -0.25) is 4.79 Å². The first-order chi connectivity index (χ1) is 9.20. The standard InChI is InChI=1S/C13H17NO4S/c1-16-13(15)8-19-7-10(14)9-2-3-11-12(6-9)18-5-4-17-11/h2-3,6,10H,4-5,7-8,14H2,1H3. The van der Waals surface area contributed by atoms with Crippen LogP contribution in [0.3, 0.4) is 0 Å². The summed E-state index contributed by atoms with van der Waals surface area (Å²) in [6.07, 6.45) is 0. The molecule has 0 aliphatic carbocycles. The van der Waals surface area contributed by atoms with E-state index in [9.17, 15) is 4.79 Å². The highest BCUT2D eigenvalue weighted by molar-refractivity contribution is 7.99. The smallest absolute Gasteiger partial charge is 0.315 e. The summed E-state index contributed by atoms with van der Waals surface area (Å²) < 4.78 is 15.5. The molecule has 1 atom stereocenters. The van der Waals surface area contributed by atoms with Gasteiger partial charge in [0, 0.05) is 11.8 Å². The number of fused-ring (bicyclic) bond motifs is 1. The fourth-order valence-corrected chi connectivity index (χ4v) is 2.56. The monoisotopic (exact) mass is 283 g/mol. The second kappa shape index (κ2) is 6.68. The van der Waals surface area contributed by atoms with E-state index in [1.54, 1.807) is 0 Å². The molecule has 1 aliphatic rings. The lowest BCUT2D eigenvalue weighted by Crippen LogP contribution is -2.18. The van der Waals surface area contributed by atoms with Gasteiger partial charge in [-0.15, -0.1) is 11.8 Å². The number of carbonyl (C=O) groups is 1. The number of esters is 1. The van der Waals surface area contributed by atoms with Crippen molar-refractivity contribution in [3.63, 3.8) is 0 Å². The second-order valence-electron chi connectivity index (χ2n) is 4.10. The molecule has 0 amide bonds. The third kappa shape index (κ3) is 3.78. The zero-order valence-electron chi connectivity index (χ0n) is 10.8. The number of carbonyl (C=O) groups excluding carboxylic acids is 1. The highest BCUT2D eigenvalue weighted by Crippen LogP contribution is 2.32. The van der Waals surface area contributed by atoms with E-state index in [2.05, 4.69) is 4.74 Å². The van der Waals surface area contributed by atoms with Gasteiger partial charge in [0.15, 0.2) is 11.5 Å². The van der Waals surface area contributed by atoms with Gasteiger partial charge in [0.25, 0.3) is 0 Å². The van der Waals surface area contributed by atoms with Crippen LogP contribution >= 0.6 is 11.8 Å². The first kappa shape index (κ1) is 14.0. The van der Waals surface area contributed by atoms with E-state index in [1.165, 1.54) is 18.9 Å². The van der Waals surface area contributed by atoms with Crippen molar-refractivity contribution in [3.8, 4) is 11.5 Å². The number of hydrogen-bond donors (Lipinski definition) is 1. The Kier molecular flexibility index (Phi) is 4.93. The number of methoxy groups -OCH3 is 1. The maximum Gasteiger partial charge on any atom is 0.315 e. The summed E-state index contributed by atoms with van der Waals surface area (Å²) in [4.78, 5) is 11.0. The Labute approximate surface area is 116 Å². The minimum Gasteiger partial charge on any atom is -0.486 e. The van der Waals surface area contributed by atoms with E-state index >= 15 is 0 Å². The van der Waals surface area contributed by atoms with E-state index in [-0.39, 0.29) is 12.0 Å². The van der Waals surface area contributed by atoms with Crippen LogP contribution in [-0.4, -0.2) is 37.8 Å². The molecule has 1 aromatic rings. The molecule has 19 heavy (non-hydrogen) atoms. The number of hydrogen-bond acceptors (Lipinski definition) is 6. The molecule has 0 aromatic heterocycles. The Morgan fingerprint density at radius 1 is 1.42 bits per heavy atom. The van der Waals surface area contributed by atoms with E-state index in [4.69, 9.17) is 15.2 Å². The summed E-state index contributed by atoms with van der Waals surface area (Å²) >= 11 is 1.45. The maximum absolute atomic E-state index is 11.0. The molecule has 0 saturated heterocycles. The van der Waals surface area contributed by atoms with Gasteiger partial charge in [-0.05, 0) is 17.7 Å². The zero-order valence-corrected chi connectivity index (χ0v) is 11.6. The molecule has 0 bridgehead atoms. The highest BCUT2D eigenvalue weighted by Gasteiger charge is 2.15. The van der Waals surface area contributed by atoms with E-state index < -0.39 is 0 Å². The van der Waals surface area contributed by atoms with Crippen molar-refractivity contribution in [1.82, 2.24) is 0 Å². The van der Waals surface area contributed by atoms with Gasteiger partial charge in [0.05, 0.1) is 12.9 Å². The van der Waals surface area contributed by atoms with Gasteiger partial charge in [0.1, 0.15) is 13.2 Å². The lowest BCUT2D eigenvalue weighted by atomic mass is 10.1. The number of benzene rings is 1. The Morgan fingerprint density at radius 3 is 2.89 bits per heavy atom. The molecule has 2 rings (SSSR count). The molecule has 1 aromatic carbocycles. The van der Waals surface area contributed by atoms with Gasteiger partial charge in [-0.25, -0.2) is 0 Å². The summed E-state index contributed by atoms with van der Waals surface area (Å²) in [7, 11) is 1.38. The predicted molar refractivity (Wildman–Crippen MR) is 73.7 cm³/mol. The van der Waals surface area contributed by atoms with Crippen molar-refractivity contribution in [2.24, 2.45) is 5.73 Å². The summed E-state index contributed by atoms with van der Waals surface area (Å²) in [5.74, 6) is 2.21. The summed E-state index contributed by atoms with van der Waals surface area (Å²) in [6, 6.07) is 5.55. The summed E-state index contributed by atoms with van der Waals surface area (Å²) in [5, 5.41) is 0. The van der Waals surface area contributed by atoms with Crippen LogP contribution in [0.1, 0.15) is 11.6 Å². The first-order valence-electron chi connectivity index (χ1n) is 6.00. The third-order valence-electron chi connectivity index (χ3n) is 2.74.